The number of hydrogen-bond acceptors (Lipinski definition) is 9. The number of esters is 1. The summed E-state index contributed by atoms with van der Waals surface area (Å²) < 4.78 is 6.58. The summed E-state index contributed by atoms with van der Waals surface area (Å²) in [6.07, 6.45) is 2.93. The van der Waals surface area contributed by atoms with Crippen LogP contribution < -0.4 is 15.8 Å². The highest BCUT2D eigenvalue weighted by Gasteiger charge is 2.36. The second kappa shape index (κ2) is 9.55. The zero-order valence-corrected chi connectivity index (χ0v) is 20.5. The van der Waals surface area contributed by atoms with Crippen LogP contribution in [0.4, 0.5) is 5.82 Å². The van der Waals surface area contributed by atoms with E-state index < -0.39 is 17.6 Å². The fourth-order valence-corrected chi connectivity index (χ4v) is 5.27. The monoisotopic (exact) mass is 501 g/mol. The number of nitrogens with zero attached hydrogens (tertiary/aromatic N) is 4. The van der Waals surface area contributed by atoms with E-state index in [4.69, 9.17) is 17.0 Å². The molecular formula is C22H23N5O5S2. The van der Waals surface area contributed by atoms with E-state index in [2.05, 4.69) is 10.3 Å². The maximum atomic E-state index is 13.6. The number of carbonyl (C=O) groups excluding carboxylic acids is 3. The Bertz CT molecular complexity index is 1300. The molecule has 0 radical (unpaired) electrons. The summed E-state index contributed by atoms with van der Waals surface area (Å²) in [5, 5.41) is 2.74. The number of anilines is 1. The molecule has 2 amide bonds. The number of aromatic nitrogens is 2. The van der Waals surface area contributed by atoms with Gasteiger partial charge in [0, 0.05) is 25.8 Å². The number of likely N-dealkylation sites (N-methyl/N-ethyl adjacent to an activating group) is 1. The van der Waals surface area contributed by atoms with Crippen molar-refractivity contribution in [2.24, 2.45) is 0 Å². The number of aryl methyl sites for hydroxylation is 1. The van der Waals surface area contributed by atoms with Crippen molar-refractivity contribution >= 4 is 63.6 Å². The molecule has 0 bridgehead atoms. The lowest BCUT2D eigenvalue weighted by atomic mass is 10.1. The van der Waals surface area contributed by atoms with Crippen LogP contribution in [-0.2, 0) is 19.1 Å². The second-order valence-corrected chi connectivity index (χ2v) is 9.47. The molecule has 2 saturated heterocycles. The molecule has 12 heteroatoms. The highest BCUT2D eigenvalue weighted by atomic mass is 32.2. The zero-order chi connectivity index (χ0) is 24.6. The van der Waals surface area contributed by atoms with Gasteiger partial charge in [-0.1, -0.05) is 30.0 Å². The van der Waals surface area contributed by atoms with Gasteiger partial charge in [0.05, 0.1) is 24.0 Å². The lowest BCUT2D eigenvalue weighted by Gasteiger charge is -2.36. The molecule has 0 aromatic carbocycles. The van der Waals surface area contributed by atoms with Crippen LogP contribution in [0, 0.1) is 6.92 Å². The van der Waals surface area contributed by atoms with E-state index in [0.717, 1.165) is 17.3 Å². The van der Waals surface area contributed by atoms with Crippen LogP contribution in [0.2, 0.25) is 0 Å². The molecule has 0 saturated carbocycles. The number of nitrogens with one attached hydrogen (secondary N) is 1. The van der Waals surface area contributed by atoms with Gasteiger partial charge in [-0.25, -0.2) is 4.98 Å². The number of thioether (sulfide) groups is 1. The summed E-state index contributed by atoms with van der Waals surface area (Å²) >= 11 is 6.41. The average molecular weight is 502 g/mol. The maximum absolute atomic E-state index is 13.6. The molecule has 0 aliphatic carbocycles. The van der Waals surface area contributed by atoms with Gasteiger partial charge in [0.15, 0.2) is 0 Å². The molecule has 2 aliphatic heterocycles. The average Bonchev–Trinajstić information content (AvgIpc) is 3.09. The Labute approximate surface area is 204 Å². The van der Waals surface area contributed by atoms with Crippen LogP contribution >= 0.6 is 24.0 Å². The Morgan fingerprint density at radius 2 is 2.12 bits per heavy atom. The molecule has 10 nitrogen and oxygen atoms in total. The molecule has 2 fully saturated rings. The summed E-state index contributed by atoms with van der Waals surface area (Å²) in [6, 6.07) is 2.62. The first-order valence-electron chi connectivity index (χ1n) is 10.6. The Morgan fingerprint density at radius 3 is 2.79 bits per heavy atom. The van der Waals surface area contributed by atoms with Crippen LogP contribution in [-0.4, -0.2) is 69.2 Å². The minimum atomic E-state index is -0.918. The molecule has 1 N–H and O–H groups in total. The molecule has 1 atom stereocenters. The van der Waals surface area contributed by atoms with Crippen LogP contribution in [0.15, 0.2) is 28.0 Å². The van der Waals surface area contributed by atoms with E-state index in [0.29, 0.717) is 34.5 Å². The first-order valence-corrected chi connectivity index (χ1v) is 11.9. The third-order valence-electron chi connectivity index (χ3n) is 5.64. The van der Waals surface area contributed by atoms with Gasteiger partial charge in [0.1, 0.15) is 21.8 Å². The van der Waals surface area contributed by atoms with Crippen LogP contribution in [0.25, 0.3) is 11.7 Å². The molecule has 0 unspecified atom stereocenters. The Balaban J connectivity index is 1.93. The lowest BCUT2D eigenvalue weighted by molar-refractivity contribution is -0.143. The number of pyridine rings is 1. The van der Waals surface area contributed by atoms with Crippen molar-refractivity contribution in [1.82, 2.24) is 19.6 Å². The predicted molar refractivity (Wildman–Crippen MR) is 133 cm³/mol. The zero-order valence-electron chi connectivity index (χ0n) is 18.9. The SMILES string of the molecule is CCN1C(=O)/C(=C/c2c(N3CCNC(=O)[C@H]3CC(=O)OC)nc3ccc(C)cn3c2=O)SC1=S. The molecule has 2 aliphatic rings. The van der Waals surface area contributed by atoms with Crippen LogP contribution in [0.1, 0.15) is 24.5 Å². The van der Waals surface area contributed by atoms with E-state index >= 15 is 0 Å². The Morgan fingerprint density at radius 1 is 1.35 bits per heavy atom. The Kier molecular flexibility index (Phi) is 6.71. The molecule has 4 heterocycles. The molecule has 2 aromatic rings. The third kappa shape index (κ3) is 4.30. The number of thiocarbonyl (C=S) groups is 1. The summed E-state index contributed by atoms with van der Waals surface area (Å²) in [7, 11) is 1.25. The van der Waals surface area contributed by atoms with E-state index in [1.54, 1.807) is 17.2 Å². The van der Waals surface area contributed by atoms with E-state index in [9.17, 15) is 19.2 Å². The fraction of sp³-hybridized carbons (Fsp3) is 0.364. The minimum absolute atomic E-state index is 0.143. The topological polar surface area (TPSA) is 113 Å². The van der Waals surface area contributed by atoms with Crippen molar-refractivity contribution in [3.8, 4) is 0 Å². The molecule has 178 valence electrons. The first-order chi connectivity index (χ1) is 16.2. The highest BCUT2D eigenvalue weighted by molar-refractivity contribution is 8.26. The van der Waals surface area contributed by atoms with Crippen LogP contribution in [0.3, 0.4) is 0 Å². The van der Waals surface area contributed by atoms with Crippen molar-refractivity contribution < 1.29 is 19.1 Å². The van der Waals surface area contributed by atoms with E-state index in [1.807, 2.05) is 19.9 Å². The number of methoxy groups -OCH3 is 1. The number of ether oxygens (including phenoxy) is 1. The number of rotatable bonds is 5. The van der Waals surface area contributed by atoms with Crippen LogP contribution in [0.5, 0.6) is 0 Å². The number of piperazine rings is 1. The maximum Gasteiger partial charge on any atom is 0.308 e. The van der Waals surface area contributed by atoms with Crippen molar-refractivity contribution in [3.63, 3.8) is 0 Å². The molecule has 2 aromatic heterocycles. The molecule has 4 rings (SSSR count). The van der Waals surface area contributed by atoms with Gasteiger partial charge in [-0.05, 0) is 31.6 Å². The van der Waals surface area contributed by atoms with Crippen molar-refractivity contribution in [2.45, 2.75) is 26.3 Å². The standard InChI is InChI=1S/C22H23N5O5S2/c1-4-25-21(31)15(34-22(25)33)9-13-18(24-16-6-5-12(2)11-27(16)20(13)30)26-8-7-23-19(29)14(26)10-17(28)32-3/h5-6,9,11,14H,4,7-8,10H2,1-3H3,(H,23,29)/b15-9-/t14-/m1/s1. The van der Waals surface area contributed by atoms with Gasteiger partial charge in [-0.2, -0.15) is 0 Å². The van der Waals surface area contributed by atoms with Crippen molar-refractivity contribution in [3.05, 3.63) is 44.7 Å². The van der Waals surface area contributed by atoms with E-state index in [-0.39, 0.29) is 29.6 Å². The summed E-state index contributed by atoms with van der Waals surface area (Å²) in [6.45, 7) is 4.71. The van der Waals surface area contributed by atoms with Gasteiger partial charge in [0.25, 0.3) is 11.5 Å². The van der Waals surface area contributed by atoms with Gasteiger partial charge in [0.2, 0.25) is 5.91 Å². The first kappa shape index (κ1) is 23.9. The predicted octanol–water partition coefficient (Wildman–Crippen LogP) is 1.09. The lowest BCUT2D eigenvalue weighted by Crippen LogP contribution is -2.57. The summed E-state index contributed by atoms with van der Waals surface area (Å²) in [5.41, 5.74) is 0.984. The van der Waals surface area contributed by atoms with Gasteiger partial charge in [-0.3, -0.25) is 28.5 Å². The van der Waals surface area contributed by atoms with E-state index in [1.165, 1.54) is 22.5 Å². The highest BCUT2D eigenvalue weighted by Crippen LogP contribution is 2.33. The normalized spacial score (nSPS) is 19.8. The Hall–Kier alpha value is -3.25. The minimum Gasteiger partial charge on any atom is -0.469 e. The molecular weight excluding hydrogens is 478 g/mol. The summed E-state index contributed by atoms with van der Waals surface area (Å²) in [4.78, 5) is 59.3. The quantitative estimate of drug-likeness (QED) is 0.365. The van der Waals surface area contributed by atoms with Gasteiger partial charge < -0.3 is 15.0 Å². The smallest absolute Gasteiger partial charge is 0.308 e. The molecule has 34 heavy (non-hydrogen) atoms. The number of amides is 2. The third-order valence-corrected chi connectivity index (χ3v) is 7.02. The second-order valence-electron chi connectivity index (χ2n) is 7.80. The molecule has 0 spiro atoms. The van der Waals surface area contributed by atoms with Crippen molar-refractivity contribution in [2.75, 3.05) is 31.6 Å². The number of carbonyl (C=O) groups is 3. The van der Waals surface area contributed by atoms with Gasteiger partial charge >= 0.3 is 5.97 Å². The number of fused-ring (bicyclic) bond motifs is 1. The van der Waals surface area contributed by atoms with Crippen molar-refractivity contribution in [1.29, 1.82) is 0 Å². The number of hydrogen-bond donors (Lipinski definition) is 1. The fourth-order valence-electron chi connectivity index (χ4n) is 3.91. The summed E-state index contributed by atoms with van der Waals surface area (Å²) in [5.74, 6) is -1.00. The van der Waals surface area contributed by atoms with Gasteiger partial charge in [-0.15, -0.1) is 0 Å². The largest absolute Gasteiger partial charge is 0.469 e.